The second kappa shape index (κ2) is 11.4. The van der Waals surface area contributed by atoms with Crippen molar-refractivity contribution in [2.24, 2.45) is 5.92 Å². The first-order chi connectivity index (χ1) is 18.4. The number of anilines is 1. The van der Waals surface area contributed by atoms with Crippen LogP contribution in [0.15, 0.2) is 52.0 Å². The number of aryl methyl sites for hydroxylation is 2. The van der Waals surface area contributed by atoms with E-state index in [2.05, 4.69) is 0 Å². The lowest BCUT2D eigenvalue weighted by Gasteiger charge is -2.43. The van der Waals surface area contributed by atoms with Gasteiger partial charge in [-0.1, -0.05) is 58.5 Å². The number of hydrogen-bond acceptors (Lipinski definition) is 6. The van der Waals surface area contributed by atoms with E-state index in [9.17, 15) is 24.9 Å². The lowest BCUT2D eigenvalue weighted by molar-refractivity contribution is -0.317. The summed E-state index contributed by atoms with van der Waals surface area (Å²) >= 11 is 1.11. The molecular weight excluding hydrogens is 526 g/mol. The van der Waals surface area contributed by atoms with Gasteiger partial charge in [0.25, 0.3) is 0 Å². The van der Waals surface area contributed by atoms with Gasteiger partial charge in [0.05, 0.1) is 10.6 Å². The number of carbonyl (C=O) groups is 2. The molecule has 1 unspecified atom stereocenters. The molecule has 0 aliphatic carbocycles. The van der Waals surface area contributed by atoms with Crippen LogP contribution in [0.1, 0.15) is 84.9 Å². The van der Waals surface area contributed by atoms with Crippen molar-refractivity contribution in [2.45, 2.75) is 103 Å². The number of phenols is 1. The minimum atomic E-state index is -1.05. The van der Waals surface area contributed by atoms with Crippen LogP contribution in [0.4, 0.5) is 10.5 Å². The Balaban J connectivity index is 1.99. The van der Waals surface area contributed by atoms with Gasteiger partial charge < -0.3 is 20.1 Å². The maximum absolute atomic E-state index is 13.5. The molecule has 2 N–H and O–H groups in total. The molecule has 1 aliphatic heterocycles. The predicted molar refractivity (Wildman–Crippen MR) is 158 cm³/mol. The normalized spacial score (nSPS) is 18.2. The van der Waals surface area contributed by atoms with Gasteiger partial charge in [0, 0.05) is 10.4 Å². The highest BCUT2D eigenvalue weighted by atomic mass is 32.2. The zero-order chi connectivity index (χ0) is 30.2. The summed E-state index contributed by atoms with van der Waals surface area (Å²) in [6.45, 7) is 17.3. The molecule has 8 heteroatoms. The topological polar surface area (TPSA) is 110 Å². The smallest absolute Gasteiger partial charge is 0.412 e. The molecule has 0 fully saturated rings. The molecular formula is C32H42NO6S-. The van der Waals surface area contributed by atoms with Crippen LogP contribution in [0.2, 0.25) is 0 Å². The van der Waals surface area contributed by atoms with Gasteiger partial charge in [-0.15, -0.1) is 5.76 Å². The molecule has 1 atom stereocenters. The number of amides is 1. The van der Waals surface area contributed by atoms with Crippen LogP contribution in [0.5, 0.6) is 5.75 Å². The Morgan fingerprint density at radius 2 is 1.73 bits per heavy atom. The molecule has 0 bridgehead atoms. The van der Waals surface area contributed by atoms with E-state index in [1.165, 1.54) is 4.90 Å². The van der Waals surface area contributed by atoms with E-state index in [0.717, 1.165) is 33.3 Å². The number of esters is 1. The Hall–Kier alpha value is -3.13. The Morgan fingerprint density at radius 3 is 2.20 bits per heavy atom. The lowest BCUT2D eigenvalue weighted by atomic mass is 9.80. The largest absolute Gasteiger partial charge is 0.874 e. The maximum atomic E-state index is 13.5. The van der Waals surface area contributed by atoms with E-state index in [1.54, 1.807) is 12.1 Å². The number of aromatic hydroxyl groups is 1. The highest BCUT2D eigenvalue weighted by molar-refractivity contribution is 8.04. The minimum Gasteiger partial charge on any atom is -0.874 e. The Labute approximate surface area is 242 Å². The van der Waals surface area contributed by atoms with Crippen molar-refractivity contribution in [3.05, 3.63) is 63.8 Å². The van der Waals surface area contributed by atoms with E-state index >= 15 is 0 Å². The first kappa shape index (κ1) is 31.4. The minimum absolute atomic E-state index is 0.0458. The molecule has 2 aromatic rings. The van der Waals surface area contributed by atoms with Crippen LogP contribution in [0.25, 0.3) is 0 Å². The van der Waals surface area contributed by atoms with E-state index in [1.807, 2.05) is 86.6 Å². The quantitative estimate of drug-likeness (QED) is 0.349. The summed E-state index contributed by atoms with van der Waals surface area (Å²) in [5, 5.41) is 33.1. The molecule has 1 amide bonds. The number of benzene rings is 2. The number of carboxylic acid groups (broad SMARTS) is 1. The summed E-state index contributed by atoms with van der Waals surface area (Å²) in [6, 6.07) is 10.6. The number of thioether (sulfide) groups is 1. The van der Waals surface area contributed by atoms with Crippen molar-refractivity contribution in [3.8, 4) is 5.75 Å². The van der Waals surface area contributed by atoms with Gasteiger partial charge in [-0.25, -0.2) is 9.59 Å². The number of rotatable bonds is 7. The van der Waals surface area contributed by atoms with E-state index in [-0.39, 0.29) is 34.2 Å². The molecule has 7 nitrogen and oxygen atoms in total. The van der Waals surface area contributed by atoms with Crippen LogP contribution >= 0.6 is 11.8 Å². The molecule has 0 saturated carbocycles. The molecule has 2 aromatic carbocycles. The van der Waals surface area contributed by atoms with Crippen molar-refractivity contribution in [1.29, 1.82) is 0 Å². The van der Waals surface area contributed by atoms with E-state index < -0.39 is 23.2 Å². The summed E-state index contributed by atoms with van der Waals surface area (Å²) in [7, 11) is 0. The summed E-state index contributed by atoms with van der Waals surface area (Å²) in [6.07, 6.45) is 0.136. The van der Waals surface area contributed by atoms with Gasteiger partial charge >= 0.3 is 12.1 Å². The first-order valence-corrected chi connectivity index (χ1v) is 14.4. The first-order valence-electron chi connectivity index (χ1n) is 13.6. The fourth-order valence-corrected chi connectivity index (χ4v) is 6.28. The lowest BCUT2D eigenvalue weighted by Crippen LogP contribution is -2.46. The monoisotopic (exact) mass is 568 g/mol. The summed E-state index contributed by atoms with van der Waals surface area (Å²) in [5.74, 6) is -0.756. The molecule has 40 heavy (non-hydrogen) atoms. The summed E-state index contributed by atoms with van der Waals surface area (Å²) in [4.78, 5) is 27.8. The number of carbonyl (C=O) groups excluding carboxylic acids is 1. The van der Waals surface area contributed by atoms with Crippen LogP contribution in [0, 0.1) is 12.8 Å². The molecule has 3 rings (SSSR count). The van der Waals surface area contributed by atoms with Crippen LogP contribution in [0.3, 0.4) is 0 Å². The average molecular weight is 569 g/mol. The fraction of sp³-hybridized carbons (Fsp3) is 0.500. The number of cyclic esters (lactones) is 1. The molecule has 0 saturated heterocycles. The SMILES string of the molecule is Cc1cc(SC2=C([O-])CC(CCc3ccc(O)cc3)(C(C)C)OC2=O)c(C(C)(C)C)cc1N(C(=O)O)C(C)(C)C. The Bertz CT molecular complexity index is 1300. The zero-order valence-corrected chi connectivity index (χ0v) is 25.9. The van der Waals surface area contributed by atoms with Gasteiger partial charge in [-0.05, 0) is 99.2 Å². The van der Waals surface area contributed by atoms with Crippen LogP contribution < -0.4 is 10.0 Å². The number of hydrogen-bond donors (Lipinski definition) is 2. The third kappa shape index (κ3) is 6.77. The summed E-state index contributed by atoms with van der Waals surface area (Å²) < 4.78 is 6.08. The average Bonchev–Trinajstić information content (AvgIpc) is 2.80. The van der Waals surface area contributed by atoms with Gasteiger partial charge in [-0.3, -0.25) is 4.90 Å². The molecule has 218 valence electrons. The fourth-order valence-electron chi connectivity index (χ4n) is 5.04. The van der Waals surface area contributed by atoms with Crippen LogP contribution in [-0.2, 0) is 21.4 Å². The van der Waals surface area contributed by atoms with Gasteiger partial charge in [0.2, 0.25) is 0 Å². The van der Waals surface area contributed by atoms with Crippen molar-refractivity contribution in [3.63, 3.8) is 0 Å². The van der Waals surface area contributed by atoms with Crippen molar-refractivity contribution >= 4 is 29.5 Å². The highest BCUT2D eigenvalue weighted by Crippen LogP contribution is 2.46. The van der Waals surface area contributed by atoms with E-state index in [0.29, 0.717) is 18.5 Å². The molecule has 1 heterocycles. The number of phenolic OH excluding ortho intramolecular Hbond substituents is 1. The Morgan fingerprint density at radius 1 is 1.12 bits per heavy atom. The van der Waals surface area contributed by atoms with Crippen LogP contribution in [-0.4, -0.2) is 33.4 Å². The molecule has 0 radical (unpaired) electrons. The predicted octanol–water partition coefficient (Wildman–Crippen LogP) is 6.92. The van der Waals surface area contributed by atoms with E-state index in [4.69, 9.17) is 4.74 Å². The van der Waals surface area contributed by atoms with Crippen molar-refractivity contribution < 1.29 is 29.6 Å². The molecule has 0 aromatic heterocycles. The second-order valence-electron chi connectivity index (χ2n) is 13.0. The summed E-state index contributed by atoms with van der Waals surface area (Å²) in [5.41, 5.74) is 1.16. The van der Waals surface area contributed by atoms with Gasteiger partial charge in [0.15, 0.2) is 0 Å². The van der Waals surface area contributed by atoms with Gasteiger partial charge in [0.1, 0.15) is 11.4 Å². The number of ether oxygens (including phenoxy) is 1. The van der Waals surface area contributed by atoms with Crippen molar-refractivity contribution in [1.82, 2.24) is 0 Å². The second-order valence-corrected chi connectivity index (χ2v) is 14.0. The Kier molecular flexibility index (Phi) is 8.94. The number of nitrogens with zero attached hydrogens (tertiary/aromatic N) is 1. The maximum Gasteiger partial charge on any atom is 0.412 e. The third-order valence-corrected chi connectivity index (χ3v) is 8.60. The molecule has 0 spiro atoms. The highest BCUT2D eigenvalue weighted by Gasteiger charge is 2.42. The van der Waals surface area contributed by atoms with Crippen molar-refractivity contribution in [2.75, 3.05) is 4.90 Å². The third-order valence-electron chi connectivity index (χ3n) is 7.44. The zero-order valence-electron chi connectivity index (χ0n) is 25.0. The van der Waals surface area contributed by atoms with Gasteiger partial charge in [-0.2, -0.15) is 0 Å². The standard InChI is InChI=1S/C32H43NO6S/c1-19(2)32(15-14-21-10-12-22(34)13-11-21)18-25(35)27(28(36)39-32)40-26-16-20(3)24(17-23(26)30(4,5)6)33(29(37)38)31(7,8)9/h10-13,16-17,19,34-35H,14-15,18H2,1-9H3,(H,37,38)/p-1. The molecule has 1 aliphatic rings.